The SMILES string of the molecule is NC(=O)C1CCCN(c2ccc(NC(=O)CN(Cc3cccnc3)c3ccccc3)cn2)C1. The van der Waals surface area contributed by atoms with Gasteiger partial charge in [0.05, 0.1) is 24.3 Å². The highest BCUT2D eigenvalue weighted by Gasteiger charge is 2.24. The van der Waals surface area contributed by atoms with Crippen LogP contribution < -0.4 is 20.9 Å². The zero-order valence-corrected chi connectivity index (χ0v) is 18.4. The first kappa shape index (κ1) is 22.3. The van der Waals surface area contributed by atoms with Gasteiger partial charge in [-0.25, -0.2) is 4.98 Å². The van der Waals surface area contributed by atoms with Crippen LogP contribution in [0.5, 0.6) is 0 Å². The second-order valence-corrected chi connectivity index (χ2v) is 8.19. The fourth-order valence-corrected chi connectivity index (χ4v) is 4.03. The number of hydrogen-bond acceptors (Lipinski definition) is 6. The van der Waals surface area contributed by atoms with Crippen molar-refractivity contribution in [1.29, 1.82) is 0 Å². The molecule has 0 bridgehead atoms. The quantitative estimate of drug-likeness (QED) is 0.554. The maximum atomic E-state index is 12.8. The first-order valence-corrected chi connectivity index (χ1v) is 11.1. The standard InChI is InChI=1S/C25H28N6O2/c26-25(33)20-7-5-13-30(17-20)23-11-10-21(15-28-23)29-24(32)18-31(22-8-2-1-3-9-22)16-19-6-4-12-27-14-19/h1-4,6,8-12,14-15,20H,5,7,13,16-18H2,(H2,26,33)(H,29,32). The molecule has 4 rings (SSSR count). The molecule has 1 unspecified atom stereocenters. The number of rotatable bonds is 8. The van der Waals surface area contributed by atoms with E-state index in [0.29, 0.717) is 18.8 Å². The molecule has 0 radical (unpaired) electrons. The van der Waals surface area contributed by atoms with Crippen LogP contribution in [0.3, 0.4) is 0 Å². The molecule has 2 amide bonds. The molecule has 8 nitrogen and oxygen atoms in total. The van der Waals surface area contributed by atoms with Crippen molar-refractivity contribution in [2.24, 2.45) is 11.7 Å². The van der Waals surface area contributed by atoms with Gasteiger partial charge in [0.25, 0.3) is 0 Å². The molecular weight excluding hydrogens is 416 g/mol. The zero-order chi connectivity index (χ0) is 23.0. The van der Waals surface area contributed by atoms with Crippen LogP contribution in [-0.2, 0) is 16.1 Å². The molecule has 1 saturated heterocycles. The third kappa shape index (κ3) is 6.06. The molecule has 3 N–H and O–H groups in total. The topological polar surface area (TPSA) is 104 Å². The average Bonchev–Trinajstić information content (AvgIpc) is 2.85. The van der Waals surface area contributed by atoms with E-state index in [0.717, 1.165) is 36.5 Å². The summed E-state index contributed by atoms with van der Waals surface area (Å²) in [6.07, 6.45) is 6.91. The van der Waals surface area contributed by atoms with Crippen LogP contribution in [0, 0.1) is 5.92 Å². The van der Waals surface area contributed by atoms with E-state index in [4.69, 9.17) is 5.73 Å². The van der Waals surface area contributed by atoms with E-state index in [1.165, 1.54) is 0 Å². The van der Waals surface area contributed by atoms with E-state index in [-0.39, 0.29) is 24.3 Å². The molecule has 2 aromatic heterocycles. The molecule has 1 aliphatic heterocycles. The molecule has 8 heteroatoms. The Morgan fingerprint density at radius 1 is 1.09 bits per heavy atom. The number of aromatic nitrogens is 2. The van der Waals surface area contributed by atoms with Gasteiger partial charge in [0.15, 0.2) is 0 Å². The minimum atomic E-state index is -0.266. The van der Waals surface area contributed by atoms with Gasteiger partial charge >= 0.3 is 0 Å². The molecule has 3 aromatic rings. The zero-order valence-electron chi connectivity index (χ0n) is 18.4. The number of amides is 2. The van der Waals surface area contributed by atoms with Crippen molar-refractivity contribution in [2.45, 2.75) is 19.4 Å². The van der Waals surface area contributed by atoms with E-state index in [2.05, 4.69) is 20.2 Å². The summed E-state index contributed by atoms with van der Waals surface area (Å²) in [5.74, 6) is 0.229. The average molecular weight is 445 g/mol. The highest BCUT2D eigenvalue weighted by molar-refractivity contribution is 5.94. The van der Waals surface area contributed by atoms with E-state index < -0.39 is 0 Å². The lowest BCUT2D eigenvalue weighted by atomic mass is 9.97. The van der Waals surface area contributed by atoms with E-state index in [1.54, 1.807) is 18.6 Å². The Morgan fingerprint density at radius 3 is 2.64 bits per heavy atom. The maximum Gasteiger partial charge on any atom is 0.243 e. The number of pyridine rings is 2. The molecule has 0 spiro atoms. The highest BCUT2D eigenvalue weighted by atomic mass is 16.2. The highest BCUT2D eigenvalue weighted by Crippen LogP contribution is 2.22. The van der Waals surface area contributed by atoms with Crippen LogP contribution in [-0.4, -0.2) is 41.4 Å². The number of hydrogen-bond donors (Lipinski definition) is 2. The van der Waals surface area contributed by atoms with Crippen LogP contribution in [0.4, 0.5) is 17.2 Å². The van der Waals surface area contributed by atoms with Crippen molar-refractivity contribution < 1.29 is 9.59 Å². The minimum Gasteiger partial charge on any atom is -0.369 e. The maximum absolute atomic E-state index is 12.8. The Balaban J connectivity index is 1.39. The normalized spacial score (nSPS) is 15.6. The molecule has 3 heterocycles. The Hall–Kier alpha value is -3.94. The van der Waals surface area contributed by atoms with E-state index >= 15 is 0 Å². The lowest BCUT2D eigenvalue weighted by Gasteiger charge is -2.32. The summed E-state index contributed by atoms with van der Waals surface area (Å²) in [4.78, 5) is 37.1. The summed E-state index contributed by atoms with van der Waals surface area (Å²) in [6, 6.07) is 17.4. The molecule has 1 aromatic carbocycles. The van der Waals surface area contributed by atoms with Crippen molar-refractivity contribution in [2.75, 3.05) is 34.8 Å². The first-order chi connectivity index (χ1) is 16.1. The van der Waals surface area contributed by atoms with Gasteiger partial charge in [-0.2, -0.15) is 0 Å². The van der Waals surface area contributed by atoms with Crippen molar-refractivity contribution in [1.82, 2.24) is 9.97 Å². The van der Waals surface area contributed by atoms with Gasteiger partial charge in [0.2, 0.25) is 11.8 Å². The molecule has 1 fully saturated rings. The number of carbonyl (C=O) groups excluding carboxylic acids is 2. The molecule has 0 aliphatic carbocycles. The van der Waals surface area contributed by atoms with Crippen LogP contribution in [0.25, 0.3) is 0 Å². The second-order valence-electron chi connectivity index (χ2n) is 8.19. The molecular formula is C25H28N6O2. The van der Waals surface area contributed by atoms with Crippen molar-refractivity contribution in [3.63, 3.8) is 0 Å². The monoisotopic (exact) mass is 444 g/mol. The van der Waals surface area contributed by atoms with Crippen LogP contribution in [0.1, 0.15) is 18.4 Å². The van der Waals surface area contributed by atoms with Gasteiger partial charge in [0, 0.05) is 37.7 Å². The Morgan fingerprint density at radius 2 is 1.94 bits per heavy atom. The Bertz CT molecular complexity index is 1060. The van der Waals surface area contributed by atoms with Crippen molar-refractivity contribution in [3.05, 3.63) is 78.8 Å². The molecule has 33 heavy (non-hydrogen) atoms. The van der Waals surface area contributed by atoms with Crippen molar-refractivity contribution >= 4 is 29.0 Å². The number of nitrogens with two attached hydrogens (primary N) is 1. The summed E-state index contributed by atoms with van der Waals surface area (Å²) in [6.45, 7) is 2.17. The second kappa shape index (κ2) is 10.6. The number of nitrogens with zero attached hydrogens (tertiary/aromatic N) is 4. The van der Waals surface area contributed by atoms with Crippen molar-refractivity contribution in [3.8, 4) is 0 Å². The van der Waals surface area contributed by atoms with Crippen LogP contribution in [0.15, 0.2) is 73.2 Å². The number of anilines is 3. The lowest BCUT2D eigenvalue weighted by Crippen LogP contribution is -2.41. The number of primary amides is 1. The van der Waals surface area contributed by atoms with Crippen LogP contribution >= 0.6 is 0 Å². The summed E-state index contributed by atoms with van der Waals surface area (Å²) < 4.78 is 0. The largest absolute Gasteiger partial charge is 0.369 e. The van der Waals surface area contributed by atoms with Gasteiger partial charge in [-0.1, -0.05) is 24.3 Å². The number of piperidine rings is 1. The van der Waals surface area contributed by atoms with Gasteiger partial charge in [0.1, 0.15) is 5.82 Å². The summed E-state index contributed by atoms with van der Waals surface area (Å²) in [5.41, 5.74) is 8.08. The smallest absolute Gasteiger partial charge is 0.243 e. The summed E-state index contributed by atoms with van der Waals surface area (Å²) >= 11 is 0. The third-order valence-electron chi connectivity index (χ3n) is 5.73. The van der Waals surface area contributed by atoms with Crippen LogP contribution in [0.2, 0.25) is 0 Å². The van der Waals surface area contributed by atoms with Gasteiger partial charge < -0.3 is 20.9 Å². The van der Waals surface area contributed by atoms with Gasteiger partial charge in [-0.3, -0.25) is 14.6 Å². The molecule has 1 aliphatic rings. The van der Waals surface area contributed by atoms with E-state index in [9.17, 15) is 9.59 Å². The lowest BCUT2D eigenvalue weighted by molar-refractivity contribution is -0.122. The predicted molar refractivity (Wildman–Crippen MR) is 129 cm³/mol. The number of para-hydroxylation sites is 1. The molecule has 0 saturated carbocycles. The number of nitrogens with one attached hydrogen (secondary N) is 1. The fraction of sp³-hybridized carbons (Fsp3) is 0.280. The van der Waals surface area contributed by atoms with Gasteiger partial charge in [-0.05, 0) is 48.7 Å². The number of benzene rings is 1. The molecule has 1 atom stereocenters. The van der Waals surface area contributed by atoms with E-state index in [1.807, 2.05) is 59.5 Å². The summed E-state index contributed by atoms with van der Waals surface area (Å²) in [7, 11) is 0. The third-order valence-corrected chi connectivity index (χ3v) is 5.73. The summed E-state index contributed by atoms with van der Waals surface area (Å²) in [5, 5.41) is 2.93. The minimum absolute atomic E-state index is 0.135. The molecule has 170 valence electrons. The predicted octanol–water partition coefficient (Wildman–Crippen LogP) is 2.82. The van der Waals surface area contributed by atoms with Gasteiger partial charge in [-0.15, -0.1) is 0 Å². The fourth-order valence-electron chi connectivity index (χ4n) is 4.03. The Kier molecular flexibility index (Phi) is 7.14. The number of carbonyl (C=O) groups is 2. The first-order valence-electron chi connectivity index (χ1n) is 11.1. The Labute approximate surface area is 193 Å².